The Labute approximate surface area is 84.6 Å². The zero-order valence-corrected chi connectivity index (χ0v) is 8.53. The van der Waals surface area contributed by atoms with Crippen molar-refractivity contribution < 1.29 is 9.53 Å². The lowest BCUT2D eigenvalue weighted by Crippen LogP contribution is -2.20. The summed E-state index contributed by atoms with van der Waals surface area (Å²) < 4.78 is 4.91. The average Bonchev–Trinajstić information content (AvgIpc) is 2.19. The quantitative estimate of drug-likeness (QED) is 0.381. The molecule has 1 fully saturated rings. The third-order valence-corrected chi connectivity index (χ3v) is 3.03. The van der Waals surface area contributed by atoms with E-state index in [0.717, 1.165) is 6.42 Å². The molecule has 0 aromatic carbocycles. The molecule has 76 valence electrons. The predicted octanol–water partition coefficient (Wildman–Crippen LogP) is 2.46. The third-order valence-electron chi connectivity index (χ3n) is 3.03. The number of hydrogen-bond acceptors (Lipinski definition) is 2. The lowest BCUT2D eigenvalue weighted by Gasteiger charge is -2.32. The highest BCUT2D eigenvalue weighted by Gasteiger charge is 2.27. The van der Waals surface area contributed by atoms with Crippen LogP contribution in [-0.2, 0) is 9.53 Å². The molecule has 0 N–H and O–H groups in total. The third kappa shape index (κ3) is 1.89. The van der Waals surface area contributed by atoms with Crippen LogP contribution in [0.3, 0.4) is 0 Å². The smallest absolute Gasteiger partial charge is 0.330 e. The van der Waals surface area contributed by atoms with Crippen LogP contribution in [0, 0.1) is 11.8 Å². The van der Waals surface area contributed by atoms with Crippen molar-refractivity contribution >= 4 is 5.97 Å². The molecule has 0 aromatic heterocycles. The molecule has 2 nitrogen and oxygen atoms in total. The van der Waals surface area contributed by atoms with Crippen LogP contribution in [0.4, 0.5) is 0 Å². The molecule has 0 heterocycles. The van der Waals surface area contributed by atoms with Crippen LogP contribution in [0.25, 0.3) is 0 Å². The van der Waals surface area contributed by atoms with Gasteiger partial charge in [0.2, 0.25) is 0 Å². The second kappa shape index (κ2) is 3.99. The van der Waals surface area contributed by atoms with E-state index in [2.05, 4.69) is 12.2 Å². The number of rotatable bonds is 2. The molecule has 0 spiro atoms. The second-order valence-corrected chi connectivity index (χ2v) is 4.00. The molecule has 3 aliphatic carbocycles. The van der Waals surface area contributed by atoms with Crippen molar-refractivity contribution in [1.29, 1.82) is 0 Å². The highest BCUT2D eigenvalue weighted by molar-refractivity contribution is 5.83. The maximum Gasteiger partial charge on any atom is 0.330 e. The largest absolute Gasteiger partial charge is 0.463 e. The van der Waals surface area contributed by atoms with Gasteiger partial charge in [-0.25, -0.2) is 4.79 Å². The van der Waals surface area contributed by atoms with Crippen LogP contribution >= 0.6 is 0 Å². The Balaban J connectivity index is 2.05. The van der Waals surface area contributed by atoms with E-state index in [0.29, 0.717) is 18.4 Å². The summed E-state index contributed by atoms with van der Waals surface area (Å²) in [6.45, 7) is 2.30. The summed E-state index contributed by atoms with van der Waals surface area (Å²) in [7, 11) is 0. The van der Waals surface area contributed by atoms with Crippen molar-refractivity contribution in [1.82, 2.24) is 0 Å². The van der Waals surface area contributed by atoms with E-state index in [1.54, 1.807) is 6.08 Å². The minimum Gasteiger partial charge on any atom is -0.463 e. The molecular weight excluding hydrogens is 176 g/mol. The fourth-order valence-electron chi connectivity index (χ4n) is 2.31. The molecule has 0 aromatic rings. The summed E-state index contributed by atoms with van der Waals surface area (Å²) in [5.41, 5.74) is 1.27. The second-order valence-electron chi connectivity index (χ2n) is 4.00. The number of esters is 1. The SMILES string of the molecule is CCOC(=O)/C=C1\CC2C=CC1CC2. The van der Waals surface area contributed by atoms with Crippen molar-refractivity contribution in [2.45, 2.75) is 26.2 Å². The average molecular weight is 192 g/mol. The molecule has 14 heavy (non-hydrogen) atoms. The van der Waals surface area contributed by atoms with Crippen molar-refractivity contribution in [3.8, 4) is 0 Å². The van der Waals surface area contributed by atoms with E-state index in [9.17, 15) is 4.79 Å². The summed E-state index contributed by atoms with van der Waals surface area (Å²) in [6.07, 6.45) is 9.76. The van der Waals surface area contributed by atoms with E-state index in [-0.39, 0.29) is 5.97 Å². The van der Waals surface area contributed by atoms with Crippen molar-refractivity contribution in [2.24, 2.45) is 11.8 Å². The molecule has 0 aliphatic heterocycles. The first kappa shape index (κ1) is 9.50. The highest BCUT2D eigenvalue weighted by atomic mass is 16.5. The van der Waals surface area contributed by atoms with Gasteiger partial charge in [-0.3, -0.25) is 0 Å². The van der Waals surface area contributed by atoms with Crippen molar-refractivity contribution in [2.75, 3.05) is 6.61 Å². The van der Waals surface area contributed by atoms with E-state index in [1.165, 1.54) is 18.4 Å². The standard InChI is InChI=1S/C12H16O2/c1-2-14-12(13)8-11-7-9-3-5-10(11)6-4-9/h3,5,8-10H,2,4,6-7H2,1H3/b11-8+. The van der Waals surface area contributed by atoms with Crippen molar-refractivity contribution in [3.63, 3.8) is 0 Å². The molecule has 0 amide bonds. The van der Waals surface area contributed by atoms with Gasteiger partial charge in [0.05, 0.1) is 6.61 Å². The number of fused-ring (bicyclic) bond motifs is 2. The zero-order chi connectivity index (χ0) is 9.97. The summed E-state index contributed by atoms with van der Waals surface area (Å²) in [4.78, 5) is 11.3. The van der Waals surface area contributed by atoms with E-state index in [4.69, 9.17) is 4.74 Å². The minimum absolute atomic E-state index is 0.177. The molecule has 0 saturated heterocycles. The van der Waals surface area contributed by atoms with Gasteiger partial charge in [0.1, 0.15) is 0 Å². The van der Waals surface area contributed by atoms with Crippen LogP contribution in [0.5, 0.6) is 0 Å². The molecule has 2 atom stereocenters. The zero-order valence-electron chi connectivity index (χ0n) is 8.53. The lowest BCUT2D eigenvalue weighted by molar-refractivity contribution is -0.137. The van der Waals surface area contributed by atoms with Crippen LogP contribution in [0.2, 0.25) is 0 Å². The molecule has 3 aliphatic rings. The maximum atomic E-state index is 11.3. The van der Waals surface area contributed by atoms with Gasteiger partial charge in [0.15, 0.2) is 0 Å². The Morgan fingerprint density at radius 2 is 2.43 bits per heavy atom. The van der Waals surface area contributed by atoms with Gasteiger partial charge in [0.25, 0.3) is 0 Å². The molecule has 1 saturated carbocycles. The molecule has 2 unspecified atom stereocenters. The Morgan fingerprint density at radius 3 is 2.93 bits per heavy atom. The first-order chi connectivity index (χ1) is 6.79. The van der Waals surface area contributed by atoms with Gasteiger partial charge < -0.3 is 4.74 Å². The summed E-state index contributed by atoms with van der Waals surface area (Å²) in [6, 6.07) is 0. The molecule has 2 bridgehead atoms. The molecule has 0 radical (unpaired) electrons. The first-order valence-corrected chi connectivity index (χ1v) is 5.35. The number of carbonyl (C=O) groups is 1. The van der Waals surface area contributed by atoms with Gasteiger partial charge in [-0.1, -0.05) is 17.7 Å². The lowest BCUT2D eigenvalue weighted by atomic mass is 9.73. The Morgan fingerprint density at radius 1 is 1.57 bits per heavy atom. The van der Waals surface area contributed by atoms with Gasteiger partial charge in [-0.15, -0.1) is 0 Å². The Hall–Kier alpha value is -1.05. The topological polar surface area (TPSA) is 26.3 Å². The maximum absolute atomic E-state index is 11.3. The number of ether oxygens (including phenoxy) is 1. The fourth-order valence-corrected chi connectivity index (χ4v) is 2.31. The normalized spacial score (nSPS) is 32.2. The highest BCUT2D eigenvalue weighted by Crippen LogP contribution is 2.39. The predicted molar refractivity (Wildman–Crippen MR) is 54.7 cm³/mol. The van der Waals surface area contributed by atoms with E-state index >= 15 is 0 Å². The van der Waals surface area contributed by atoms with Gasteiger partial charge in [-0.2, -0.15) is 0 Å². The van der Waals surface area contributed by atoms with Crippen LogP contribution < -0.4 is 0 Å². The Kier molecular flexibility index (Phi) is 2.71. The van der Waals surface area contributed by atoms with Crippen molar-refractivity contribution in [3.05, 3.63) is 23.8 Å². The number of hydrogen-bond donors (Lipinski definition) is 0. The van der Waals surface area contributed by atoms with Gasteiger partial charge in [-0.05, 0) is 38.0 Å². The summed E-state index contributed by atoms with van der Waals surface area (Å²) >= 11 is 0. The molecule has 3 rings (SSSR count). The molecular formula is C12H16O2. The minimum atomic E-state index is -0.177. The molecule has 2 heteroatoms. The van der Waals surface area contributed by atoms with Crippen LogP contribution in [0.15, 0.2) is 23.8 Å². The monoisotopic (exact) mass is 192 g/mol. The Bertz CT molecular complexity index is 289. The van der Waals surface area contributed by atoms with E-state index < -0.39 is 0 Å². The number of carbonyl (C=O) groups excluding carboxylic acids is 1. The van der Waals surface area contributed by atoms with Crippen LogP contribution in [-0.4, -0.2) is 12.6 Å². The van der Waals surface area contributed by atoms with Gasteiger partial charge in [0, 0.05) is 6.08 Å². The van der Waals surface area contributed by atoms with Crippen LogP contribution in [0.1, 0.15) is 26.2 Å². The van der Waals surface area contributed by atoms with E-state index in [1.807, 2.05) is 6.92 Å². The fraction of sp³-hybridized carbons (Fsp3) is 0.583. The van der Waals surface area contributed by atoms with Gasteiger partial charge >= 0.3 is 5.97 Å². The first-order valence-electron chi connectivity index (χ1n) is 5.35. The number of allylic oxidation sites excluding steroid dienone is 3. The summed E-state index contributed by atoms with van der Waals surface area (Å²) in [5.74, 6) is 0.994. The summed E-state index contributed by atoms with van der Waals surface area (Å²) in [5, 5.41) is 0.